The van der Waals surface area contributed by atoms with E-state index in [1.165, 1.54) is 10.7 Å². The van der Waals surface area contributed by atoms with Crippen LogP contribution in [-0.4, -0.2) is 109 Å². The van der Waals surface area contributed by atoms with Gasteiger partial charge in [-0.2, -0.15) is 15.3 Å². The number of amides is 3. The number of ether oxygens (including phenoxy) is 1. The number of hydrogen-bond acceptors (Lipinski definition) is 11. The van der Waals surface area contributed by atoms with E-state index in [4.69, 9.17) is 4.74 Å². The molecule has 9 rings (SSSR count). The van der Waals surface area contributed by atoms with Crippen LogP contribution in [0.15, 0.2) is 42.9 Å². The number of piperidine rings is 2. The van der Waals surface area contributed by atoms with Gasteiger partial charge in [0.05, 0.1) is 48.3 Å². The van der Waals surface area contributed by atoms with Gasteiger partial charge >= 0.3 is 0 Å². The lowest BCUT2D eigenvalue weighted by Crippen LogP contribution is -2.41. The van der Waals surface area contributed by atoms with Gasteiger partial charge in [-0.1, -0.05) is 0 Å². The predicted octanol–water partition coefficient (Wildman–Crippen LogP) is 4.67. The molecule has 3 amide bonds. The molecular formula is C40H48F2N12O4. The normalized spacial score (nSPS) is 22.6. The molecule has 16 nitrogen and oxygen atoms in total. The molecule has 0 radical (unpaired) electrons. The smallest absolute Gasteiger partial charge is 0.284 e. The standard InChI is InChI=1S/C40H48F2N12O4/c1-50-32-20-26(4-7-28(32)35(48-50)29-8-9-34(55)47-39(29)56)44-25-10-13-51(14-11-25)22-24-2-5-27(6-3-24)54-23-31(36(49-54)37(41)42)45-40(57)30-21-43-53-15-12-33(46-38(30)53)52-16-18-58-19-17-52/h4,7,12,15,20-21,23-25,27,29,37,44H,2-3,5-6,8-11,13-14,16-19,22H2,1H3,(H,45,57)(H,47,55,56). The number of hydrogen-bond donors (Lipinski definition) is 3. The number of nitrogens with zero attached hydrogens (tertiary/aromatic N) is 9. The van der Waals surface area contributed by atoms with Gasteiger partial charge in [-0.25, -0.2) is 18.3 Å². The lowest BCUT2D eigenvalue weighted by molar-refractivity contribution is -0.134. The van der Waals surface area contributed by atoms with E-state index in [1.807, 2.05) is 29.9 Å². The Kier molecular flexibility index (Phi) is 10.5. The fourth-order valence-corrected chi connectivity index (χ4v) is 9.07. The number of alkyl halides is 2. The number of rotatable bonds is 10. The maximum absolute atomic E-state index is 14.2. The zero-order chi connectivity index (χ0) is 39.9. The SMILES string of the molecule is Cn1nc(C2CCC(=O)NC2=O)c2ccc(NC3CCN(CC4CCC(n5cc(NC(=O)c6cnn7ccc(N8CCOCC8)nc67)c(C(F)F)n5)CC4)CC3)cc21. The third-order valence-electron chi connectivity index (χ3n) is 12.3. The minimum absolute atomic E-state index is 0.000457. The molecule has 18 heteroatoms. The van der Waals surface area contributed by atoms with Crippen molar-refractivity contribution in [2.45, 2.75) is 75.8 Å². The topological polar surface area (TPSA) is 169 Å². The number of aryl methyl sites for hydroxylation is 1. The van der Waals surface area contributed by atoms with Gasteiger partial charge in [-0.3, -0.25) is 29.1 Å². The van der Waals surface area contributed by atoms with Crippen LogP contribution < -0.4 is 20.9 Å². The molecule has 3 aliphatic heterocycles. The second kappa shape index (κ2) is 16.0. The van der Waals surface area contributed by atoms with E-state index in [-0.39, 0.29) is 29.1 Å². The molecule has 5 aromatic rings. The van der Waals surface area contributed by atoms with E-state index in [2.05, 4.69) is 52.1 Å². The Labute approximate surface area is 333 Å². The largest absolute Gasteiger partial charge is 0.382 e. The van der Waals surface area contributed by atoms with Crippen LogP contribution in [0.4, 0.5) is 26.0 Å². The summed E-state index contributed by atoms with van der Waals surface area (Å²) in [6.07, 6.45) is 8.23. The average molecular weight is 799 g/mol. The Balaban J connectivity index is 0.768. The number of carbonyl (C=O) groups excluding carboxylic acids is 3. The molecular weight excluding hydrogens is 751 g/mol. The van der Waals surface area contributed by atoms with E-state index >= 15 is 0 Å². The molecule has 3 saturated heterocycles. The third-order valence-corrected chi connectivity index (χ3v) is 12.3. The van der Waals surface area contributed by atoms with Crippen molar-refractivity contribution < 1.29 is 27.9 Å². The van der Waals surface area contributed by atoms with Crippen LogP contribution in [0.5, 0.6) is 0 Å². The number of aromatic nitrogens is 7. The molecule has 0 bridgehead atoms. The summed E-state index contributed by atoms with van der Waals surface area (Å²) in [5, 5.41) is 23.0. The van der Waals surface area contributed by atoms with Gasteiger partial charge in [0, 0.05) is 75.7 Å². The highest BCUT2D eigenvalue weighted by Gasteiger charge is 2.33. The first-order valence-corrected chi connectivity index (χ1v) is 20.3. The second-order valence-electron chi connectivity index (χ2n) is 16.0. The van der Waals surface area contributed by atoms with Crippen LogP contribution in [0.25, 0.3) is 16.6 Å². The highest BCUT2D eigenvalue weighted by molar-refractivity contribution is 6.08. The Hall–Kier alpha value is -5.49. The summed E-state index contributed by atoms with van der Waals surface area (Å²) in [6.45, 7) is 5.52. The first-order chi connectivity index (χ1) is 28.2. The van der Waals surface area contributed by atoms with Crippen molar-refractivity contribution in [2.75, 3.05) is 61.5 Å². The zero-order valence-electron chi connectivity index (χ0n) is 32.4. The molecule has 0 spiro atoms. The van der Waals surface area contributed by atoms with Crippen molar-refractivity contribution in [3.8, 4) is 0 Å². The van der Waals surface area contributed by atoms with Gasteiger partial charge in [-0.05, 0) is 75.1 Å². The van der Waals surface area contributed by atoms with Crippen LogP contribution in [0, 0.1) is 5.92 Å². The quantitative estimate of drug-likeness (QED) is 0.168. The minimum Gasteiger partial charge on any atom is -0.382 e. The number of morpholine rings is 1. The average Bonchev–Trinajstić information content (AvgIpc) is 3.94. The van der Waals surface area contributed by atoms with Crippen LogP contribution in [0.1, 0.15) is 91.5 Å². The minimum atomic E-state index is -2.85. The van der Waals surface area contributed by atoms with Crippen LogP contribution >= 0.6 is 0 Å². The fraction of sp³-hybridized carbons (Fsp3) is 0.525. The van der Waals surface area contributed by atoms with Gasteiger partial charge in [-0.15, -0.1) is 0 Å². The number of anilines is 3. The van der Waals surface area contributed by atoms with Crippen molar-refractivity contribution in [1.29, 1.82) is 0 Å². The maximum Gasteiger partial charge on any atom is 0.284 e. The molecule has 7 heterocycles. The summed E-state index contributed by atoms with van der Waals surface area (Å²) in [6, 6.07) is 8.30. The number of halogens is 2. The Bertz CT molecular complexity index is 2320. The van der Waals surface area contributed by atoms with Crippen molar-refractivity contribution >= 4 is 51.5 Å². The summed E-state index contributed by atoms with van der Waals surface area (Å²) in [5.41, 5.74) is 2.77. The molecule has 4 fully saturated rings. The monoisotopic (exact) mass is 798 g/mol. The fourth-order valence-electron chi connectivity index (χ4n) is 9.07. The lowest BCUT2D eigenvalue weighted by atomic mass is 9.85. The Morgan fingerprint density at radius 1 is 1.00 bits per heavy atom. The molecule has 306 valence electrons. The number of likely N-dealkylation sites (tertiary alicyclic amines) is 1. The molecule has 4 aromatic heterocycles. The van der Waals surface area contributed by atoms with Crippen LogP contribution in [0.2, 0.25) is 0 Å². The van der Waals surface area contributed by atoms with E-state index in [9.17, 15) is 23.2 Å². The summed E-state index contributed by atoms with van der Waals surface area (Å²) in [7, 11) is 1.88. The highest BCUT2D eigenvalue weighted by Crippen LogP contribution is 2.36. The third kappa shape index (κ3) is 7.74. The Morgan fingerprint density at radius 3 is 2.55 bits per heavy atom. The van der Waals surface area contributed by atoms with Crippen LogP contribution in [-0.2, 0) is 21.4 Å². The highest BCUT2D eigenvalue weighted by atomic mass is 19.3. The molecule has 4 aliphatic rings. The molecule has 58 heavy (non-hydrogen) atoms. The molecule has 1 unspecified atom stereocenters. The molecule has 1 aromatic carbocycles. The van der Waals surface area contributed by atoms with E-state index in [1.54, 1.807) is 17.1 Å². The number of imide groups is 1. The molecule has 1 saturated carbocycles. The van der Waals surface area contributed by atoms with Gasteiger partial charge in [0.15, 0.2) is 11.3 Å². The van der Waals surface area contributed by atoms with E-state index in [0.29, 0.717) is 68.3 Å². The van der Waals surface area contributed by atoms with Gasteiger partial charge in [0.1, 0.15) is 11.4 Å². The van der Waals surface area contributed by atoms with Crippen molar-refractivity contribution in [3.63, 3.8) is 0 Å². The van der Waals surface area contributed by atoms with E-state index in [0.717, 1.165) is 74.7 Å². The zero-order valence-corrected chi connectivity index (χ0v) is 32.4. The maximum atomic E-state index is 14.2. The first kappa shape index (κ1) is 38.1. The summed E-state index contributed by atoms with van der Waals surface area (Å²) >= 11 is 0. The van der Waals surface area contributed by atoms with Crippen molar-refractivity contribution in [2.24, 2.45) is 13.0 Å². The Morgan fingerprint density at radius 2 is 1.79 bits per heavy atom. The summed E-state index contributed by atoms with van der Waals surface area (Å²) in [4.78, 5) is 46.9. The lowest BCUT2D eigenvalue weighted by Gasteiger charge is -2.37. The van der Waals surface area contributed by atoms with Gasteiger partial charge < -0.3 is 25.2 Å². The number of benzene rings is 1. The predicted molar refractivity (Wildman–Crippen MR) is 211 cm³/mol. The number of carbonyl (C=O) groups is 3. The molecule has 1 aliphatic carbocycles. The molecule has 1 atom stereocenters. The first-order valence-electron chi connectivity index (χ1n) is 20.3. The second-order valence-corrected chi connectivity index (χ2v) is 16.0. The molecule has 3 N–H and O–H groups in total. The number of nitrogens with one attached hydrogen (secondary N) is 3. The van der Waals surface area contributed by atoms with Crippen molar-refractivity contribution in [1.82, 2.24) is 44.4 Å². The van der Waals surface area contributed by atoms with Crippen LogP contribution in [0.3, 0.4) is 0 Å². The van der Waals surface area contributed by atoms with Gasteiger partial charge in [0.2, 0.25) is 11.8 Å². The number of fused-ring (bicyclic) bond motifs is 2. The summed E-state index contributed by atoms with van der Waals surface area (Å²) < 4.78 is 38.9. The summed E-state index contributed by atoms with van der Waals surface area (Å²) in [5.74, 6) is -0.303. The van der Waals surface area contributed by atoms with Crippen molar-refractivity contribution in [3.05, 3.63) is 59.8 Å². The van der Waals surface area contributed by atoms with E-state index < -0.39 is 23.9 Å². The van der Waals surface area contributed by atoms with Gasteiger partial charge in [0.25, 0.3) is 12.3 Å².